The van der Waals surface area contributed by atoms with Crippen LogP contribution in [0.25, 0.3) is 0 Å². The Morgan fingerprint density at radius 3 is 2.61 bits per heavy atom. The van der Waals surface area contributed by atoms with Crippen molar-refractivity contribution in [3.8, 4) is 0 Å². The number of nitrogens with one attached hydrogen (secondary N) is 1. The standard InChI is InChI=1S/C18H18N2O2S/c1-11(21)20-9-14-12-5-2-3-6-13(12)17(15(14)10-20)19-18(22)16-7-4-8-23-16/h2-8,14-15,17H,9-10H2,1H3,(H,19,22)/t14-,15-,17-/m0/s1. The zero-order valence-electron chi connectivity index (χ0n) is 12.9. The Bertz CT molecular complexity index is 756. The van der Waals surface area contributed by atoms with Crippen molar-refractivity contribution >= 4 is 23.2 Å². The highest BCUT2D eigenvalue weighted by molar-refractivity contribution is 7.12. The summed E-state index contributed by atoms with van der Waals surface area (Å²) in [5.74, 6) is 0.672. The number of carbonyl (C=O) groups is 2. The smallest absolute Gasteiger partial charge is 0.261 e. The highest BCUT2D eigenvalue weighted by Gasteiger charge is 2.47. The number of amides is 2. The molecule has 2 amide bonds. The zero-order chi connectivity index (χ0) is 16.0. The average molecular weight is 326 g/mol. The summed E-state index contributed by atoms with van der Waals surface area (Å²) in [4.78, 5) is 26.9. The molecule has 2 aromatic rings. The fraction of sp³-hybridized carbons (Fsp3) is 0.333. The van der Waals surface area contributed by atoms with Crippen LogP contribution in [0.4, 0.5) is 0 Å². The third kappa shape index (κ3) is 2.36. The molecule has 1 fully saturated rings. The fourth-order valence-corrected chi connectivity index (χ4v) is 4.55. The lowest BCUT2D eigenvalue weighted by atomic mass is 9.94. The van der Waals surface area contributed by atoms with E-state index < -0.39 is 0 Å². The first-order valence-electron chi connectivity index (χ1n) is 7.84. The van der Waals surface area contributed by atoms with Gasteiger partial charge in [0, 0.05) is 31.8 Å². The quantitative estimate of drug-likeness (QED) is 0.922. The van der Waals surface area contributed by atoms with E-state index in [1.54, 1.807) is 6.92 Å². The van der Waals surface area contributed by atoms with E-state index in [1.165, 1.54) is 22.5 Å². The maximum atomic E-state index is 12.5. The second kappa shape index (κ2) is 5.49. The monoisotopic (exact) mass is 326 g/mol. The van der Waals surface area contributed by atoms with Gasteiger partial charge in [0.1, 0.15) is 0 Å². The molecular formula is C18H18N2O2S. The molecule has 23 heavy (non-hydrogen) atoms. The number of thiophene rings is 1. The summed E-state index contributed by atoms with van der Waals surface area (Å²) in [6.07, 6.45) is 0. The maximum absolute atomic E-state index is 12.5. The molecule has 0 unspecified atom stereocenters. The summed E-state index contributed by atoms with van der Waals surface area (Å²) in [6, 6.07) is 12.0. The Morgan fingerprint density at radius 2 is 1.91 bits per heavy atom. The first-order chi connectivity index (χ1) is 11.1. The fourth-order valence-electron chi connectivity index (χ4n) is 3.92. The third-order valence-electron chi connectivity index (χ3n) is 5.00. The summed E-state index contributed by atoms with van der Waals surface area (Å²) < 4.78 is 0. The molecule has 3 atom stereocenters. The van der Waals surface area contributed by atoms with Gasteiger partial charge in [0.2, 0.25) is 5.91 Å². The van der Waals surface area contributed by atoms with Gasteiger partial charge < -0.3 is 10.2 Å². The van der Waals surface area contributed by atoms with Gasteiger partial charge in [0.05, 0.1) is 10.9 Å². The molecule has 1 aliphatic heterocycles. The summed E-state index contributed by atoms with van der Waals surface area (Å²) in [6.45, 7) is 3.08. The van der Waals surface area contributed by atoms with Crippen LogP contribution < -0.4 is 5.32 Å². The van der Waals surface area contributed by atoms with E-state index in [-0.39, 0.29) is 23.8 Å². The van der Waals surface area contributed by atoms with Gasteiger partial charge in [-0.3, -0.25) is 9.59 Å². The summed E-state index contributed by atoms with van der Waals surface area (Å²) in [7, 11) is 0. The van der Waals surface area contributed by atoms with Crippen LogP contribution in [0.15, 0.2) is 41.8 Å². The minimum atomic E-state index is -0.0262. The van der Waals surface area contributed by atoms with Gasteiger partial charge in [-0.1, -0.05) is 30.3 Å². The van der Waals surface area contributed by atoms with Crippen molar-refractivity contribution in [3.05, 3.63) is 57.8 Å². The lowest BCUT2D eigenvalue weighted by Gasteiger charge is -2.22. The van der Waals surface area contributed by atoms with Crippen molar-refractivity contribution in [1.82, 2.24) is 10.2 Å². The summed E-state index contributed by atoms with van der Waals surface area (Å²) >= 11 is 1.45. The molecule has 1 aromatic carbocycles. The van der Waals surface area contributed by atoms with Crippen LogP contribution in [0, 0.1) is 5.92 Å². The van der Waals surface area contributed by atoms with E-state index in [9.17, 15) is 9.59 Å². The van der Waals surface area contributed by atoms with Crippen LogP contribution in [-0.2, 0) is 4.79 Å². The summed E-state index contributed by atoms with van der Waals surface area (Å²) in [5.41, 5.74) is 2.48. The van der Waals surface area contributed by atoms with Gasteiger partial charge in [-0.05, 0) is 22.6 Å². The predicted molar refractivity (Wildman–Crippen MR) is 89.5 cm³/mol. The molecule has 0 spiro atoms. The van der Waals surface area contributed by atoms with Crippen LogP contribution in [0.5, 0.6) is 0 Å². The molecule has 118 valence electrons. The molecule has 1 aromatic heterocycles. The molecule has 1 aliphatic carbocycles. The average Bonchev–Trinajstić information content (AvgIpc) is 3.24. The minimum absolute atomic E-state index is 0.0184. The van der Waals surface area contributed by atoms with Crippen LogP contribution in [0.1, 0.15) is 39.7 Å². The van der Waals surface area contributed by atoms with Crippen molar-refractivity contribution in [2.24, 2.45) is 5.92 Å². The number of hydrogen-bond acceptors (Lipinski definition) is 3. The highest BCUT2D eigenvalue weighted by atomic mass is 32.1. The molecular weight excluding hydrogens is 308 g/mol. The van der Waals surface area contributed by atoms with E-state index >= 15 is 0 Å². The third-order valence-corrected chi connectivity index (χ3v) is 5.87. The second-order valence-electron chi connectivity index (χ2n) is 6.25. The number of carbonyl (C=O) groups excluding carboxylic acids is 2. The lowest BCUT2D eigenvalue weighted by Crippen LogP contribution is -2.34. The highest BCUT2D eigenvalue weighted by Crippen LogP contribution is 2.49. The molecule has 2 heterocycles. The van der Waals surface area contributed by atoms with Crippen molar-refractivity contribution < 1.29 is 9.59 Å². The molecule has 0 saturated carbocycles. The summed E-state index contributed by atoms with van der Waals surface area (Å²) in [5, 5.41) is 5.11. The van der Waals surface area contributed by atoms with E-state index in [2.05, 4.69) is 17.4 Å². The van der Waals surface area contributed by atoms with Crippen LogP contribution in [-0.4, -0.2) is 29.8 Å². The van der Waals surface area contributed by atoms with Crippen molar-refractivity contribution in [2.45, 2.75) is 18.9 Å². The van der Waals surface area contributed by atoms with Gasteiger partial charge in [-0.15, -0.1) is 11.3 Å². The first kappa shape index (κ1) is 14.5. The molecule has 4 nitrogen and oxygen atoms in total. The van der Waals surface area contributed by atoms with Crippen LogP contribution in [0.3, 0.4) is 0 Å². The molecule has 0 bridgehead atoms. The van der Waals surface area contributed by atoms with Gasteiger partial charge in [0.15, 0.2) is 0 Å². The van der Waals surface area contributed by atoms with E-state index in [0.29, 0.717) is 12.5 Å². The van der Waals surface area contributed by atoms with Gasteiger partial charge in [-0.2, -0.15) is 0 Å². The number of fused-ring (bicyclic) bond motifs is 3. The number of nitrogens with zero attached hydrogens (tertiary/aromatic N) is 1. The number of rotatable bonds is 2. The normalized spacial score (nSPS) is 25.1. The molecule has 5 heteroatoms. The minimum Gasteiger partial charge on any atom is -0.344 e. The number of likely N-dealkylation sites (tertiary alicyclic amines) is 1. The largest absolute Gasteiger partial charge is 0.344 e. The predicted octanol–water partition coefficient (Wildman–Crippen LogP) is 2.79. The lowest BCUT2D eigenvalue weighted by molar-refractivity contribution is -0.128. The van der Waals surface area contributed by atoms with E-state index in [1.807, 2.05) is 34.5 Å². The Kier molecular flexibility index (Phi) is 3.45. The van der Waals surface area contributed by atoms with Crippen LogP contribution in [0.2, 0.25) is 0 Å². The van der Waals surface area contributed by atoms with Gasteiger partial charge in [-0.25, -0.2) is 0 Å². The molecule has 2 aliphatic rings. The molecule has 1 saturated heterocycles. The topological polar surface area (TPSA) is 49.4 Å². The molecule has 4 rings (SSSR count). The molecule has 0 radical (unpaired) electrons. The van der Waals surface area contributed by atoms with E-state index in [4.69, 9.17) is 0 Å². The first-order valence-corrected chi connectivity index (χ1v) is 8.72. The zero-order valence-corrected chi connectivity index (χ0v) is 13.7. The number of benzene rings is 1. The van der Waals surface area contributed by atoms with Gasteiger partial charge >= 0.3 is 0 Å². The Labute approximate surface area is 139 Å². The Balaban J connectivity index is 1.65. The Hall–Kier alpha value is -2.14. The van der Waals surface area contributed by atoms with Crippen molar-refractivity contribution in [3.63, 3.8) is 0 Å². The molecule has 1 N–H and O–H groups in total. The van der Waals surface area contributed by atoms with E-state index in [0.717, 1.165) is 11.4 Å². The van der Waals surface area contributed by atoms with Crippen LogP contribution >= 0.6 is 11.3 Å². The maximum Gasteiger partial charge on any atom is 0.261 e. The van der Waals surface area contributed by atoms with Gasteiger partial charge in [0.25, 0.3) is 5.91 Å². The number of hydrogen-bond donors (Lipinski definition) is 1. The second-order valence-corrected chi connectivity index (χ2v) is 7.20. The van der Waals surface area contributed by atoms with Crippen molar-refractivity contribution in [2.75, 3.05) is 13.1 Å². The SMILES string of the molecule is CC(=O)N1C[C@H]2[C@@H](C1)c1ccccc1[C@@H]2NC(=O)c1cccs1. The Morgan fingerprint density at radius 1 is 1.13 bits per heavy atom. The van der Waals surface area contributed by atoms with Crippen molar-refractivity contribution in [1.29, 1.82) is 0 Å².